The Bertz CT molecular complexity index is 1170. The van der Waals surface area contributed by atoms with Crippen LogP contribution in [-0.2, 0) is 15.7 Å². The lowest BCUT2D eigenvalue weighted by Crippen LogP contribution is -2.21. The smallest absolute Gasteiger partial charge is 0.416 e. The van der Waals surface area contributed by atoms with Gasteiger partial charge in [-0.1, -0.05) is 24.3 Å². The van der Waals surface area contributed by atoms with Crippen molar-refractivity contribution in [3.63, 3.8) is 0 Å². The SMILES string of the molecule is N#CCSc1ccccc1NC(=O)COC(=O)c1ccc(-c2cccc(C(F)(F)F)c2)o1. The van der Waals surface area contributed by atoms with Crippen molar-refractivity contribution >= 4 is 29.3 Å². The third kappa shape index (κ3) is 5.92. The van der Waals surface area contributed by atoms with Gasteiger partial charge >= 0.3 is 12.1 Å². The number of carbonyl (C=O) groups is 2. The van der Waals surface area contributed by atoms with E-state index in [-0.39, 0.29) is 22.8 Å². The van der Waals surface area contributed by atoms with Crippen LogP contribution in [0.3, 0.4) is 0 Å². The highest BCUT2D eigenvalue weighted by atomic mass is 32.2. The second kappa shape index (κ2) is 10.1. The molecule has 0 aliphatic heterocycles. The molecule has 2 aromatic carbocycles. The Morgan fingerprint density at radius 3 is 2.62 bits per heavy atom. The topological polar surface area (TPSA) is 92.3 Å². The Hall–Kier alpha value is -3.71. The van der Waals surface area contributed by atoms with Crippen LogP contribution in [0.4, 0.5) is 18.9 Å². The van der Waals surface area contributed by atoms with E-state index < -0.39 is 30.2 Å². The number of hydrogen-bond acceptors (Lipinski definition) is 6. The molecule has 0 radical (unpaired) electrons. The van der Waals surface area contributed by atoms with Gasteiger partial charge in [0.15, 0.2) is 6.61 Å². The summed E-state index contributed by atoms with van der Waals surface area (Å²) in [7, 11) is 0. The number of halogens is 3. The molecule has 1 heterocycles. The fourth-order valence-corrected chi connectivity index (χ4v) is 3.32. The lowest BCUT2D eigenvalue weighted by Gasteiger charge is -2.09. The molecule has 1 N–H and O–H groups in total. The molecule has 0 unspecified atom stereocenters. The maximum Gasteiger partial charge on any atom is 0.416 e. The van der Waals surface area contributed by atoms with Gasteiger partial charge in [-0.3, -0.25) is 4.79 Å². The first-order valence-electron chi connectivity index (χ1n) is 9.11. The molecule has 0 saturated heterocycles. The van der Waals surface area contributed by atoms with Gasteiger partial charge in [-0.2, -0.15) is 18.4 Å². The molecule has 10 heteroatoms. The maximum absolute atomic E-state index is 12.9. The molecule has 0 aliphatic carbocycles. The number of benzene rings is 2. The van der Waals surface area contributed by atoms with Gasteiger partial charge in [-0.05, 0) is 36.4 Å². The molecule has 0 bridgehead atoms. The van der Waals surface area contributed by atoms with E-state index in [1.807, 2.05) is 6.07 Å². The molecule has 0 saturated carbocycles. The van der Waals surface area contributed by atoms with E-state index in [1.165, 1.54) is 36.0 Å². The van der Waals surface area contributed by atoms with Crippen LogP contribution < -0.4 is 5.32 Å². The Balaban J connectivity index is 1.61. The monoisotopic (exact) mass is 460 g/mol. The van der Waals surface area contributed by atoms with Gasteiger partial charge in [0.05, 0.1) is 23.1 Å². The van der Waals surface area contributed by atoms with Crippen molar-refractivity contribution in [2.75, 3.05) is 17.7 Å². The molecule has 32 heavy (non-hydrogen) atoms. The Morgan fingerprint density at radius 1 is 1.09 bits per heavy atom. The molecule has 3 aromatic rings. The zero-order chi connectivity index (χ0) is 23.1. The Morgan fingerprint density at radius 2 is 1.88 bits per heavy atom. The first-order valence-corrected chi connectivity index (χ1v) is 10.1. The van der Waals surface area contributed by atoms with E-state index in [4.69, 9.17) is 14.4 Å². The number of para-hydroxylation sites is 1. The number of hydrogen-bond donors (Lipinski definition) is 1. The number of nitrogens with one attached hydrogen (secondary N) is 1. The van der Waals surface area contributed by atoms with Crippen LogP contribution in [-0.4, -0.2) is 24.2 Å². The third-order valence-electron chi connectivity index (χ3n) is 4.07. The molecule has 0 fully saturated rings. The second-order valence-electron chi connectivity index (χ2n) is 6.31. The van der Waals surface area contributed by atoms with E-state index in [1.54, 1.807) is 24.3 Å². The first-order chi connectivity index (χ1) is 15.3. The third-order valence-corrected chi connectivity index (χ3v) is 5.01. The summed E-state index contributed by atoms with van der Waals surface area (Å²) in [5, 5.41) is 11.3. The Kier molecular flexibility index (Phi) is 7.22. The van der Waals surface area contributed by atoms with Crippen molar-refractivity contribution in [1.82, 2.24) is 0 Å². The van der Waals surface area contributed by atoms with Gasteiger partial charge in [-0.15, -0.1) is 11.8 Å². The summed E-state index contributed by atoms with van der Waals surface area (Å²) < 4.78 is 48.9. The first kappa shape index (κ1) is 23.0. The lowest BCUT2D eigenvalue weighted by atomic mass is 10.1. The van der Waals surface area contributed by atoms with Crippen molar-refractivity contribution in [2.45, 2.75) is 11.1 Å². The normalized spacial score (nSPS) is 10.9. The largest absolute Gasteiger partial charge is 0.450 e. The number of esters is 1. The molecule has 164 valence electrons. The van der Waals surface area contributed by atoms with Crippen LogP contribution in [0.25, 0.3) is 11.3 Å². The van der Waals surface area contributed by atoms with Crippen molar-refractivity contribution in [3.8, 4) is 17.4 Å². The van der Waals surface area contributed by atoms with Crippen LogP contribution in [0.2, 0.25) is 0 Å². The van der Waals surface area contributed by atoms with Gasteiger partial charge in [0.2, 0.25) is 5.76 Å². The van der Waals surface area contributed by atoms with Gasteiger partial charge in [-0.25, -0.2) is 4.79 Å². The number of amides is 1. The van der Waals surface area contributed by atoms with E-state index >= 15 is 0 Å². The number of anilines is 1. The summed E-state index contributed by atoms with van der Waals surface area (Å²) in [5.41, 5.74) is -0.234. The summed E-state index contributed by atoms with van der Waals surface area (Å²) in [4.78, 5) is 25.0. The molecular formula is C22H15F3N2O4S. The standard InChI is InChI=1S/C22H15F3N2O4S/c23-22(24,25)15-5-3-4-14(12-15)17-8-9-18(31-17)21(29)30-13-20(28)27-16-6-1-2-7-19(16)32-11-10-26/h1-9,12H,11,13H2,(H,27,28). The van der Waals surface area contributed by atoms with E-state index in [0.29, 0.717) is 10.6 Å². The predicted octanol–water partition coefficient (Wildman–Crippen LogP) is 5.38. The van der Waals surface area contributed by atoms with Gasteiger partial charge in [0.1, 0.15) is 5.76 Å². The highest BCUT2D eigenvalue weighted by Gasteiger charge is 2.30. The zero-order valence-corrected chi connectivity index (χ0v) is 17.1. The van der Waals surface area contributed by atoms with Gasteiger partial charge in [0.25, 0.3) is 5.91 Å². The van der Waals surface area contributed by atoms with Gasteiger partial charge in [0, 0.05) is 10.5 Å². The van der Waals surface area contributed by atoms with Crippen LogP contribution in [0.1, 0.15) is 16.1 Å². The molecular weight excluding hydrogens is 445 g/mol. The molecule has 0 atom stereocenters. The molecule has 1 amide bonds. The molecule has 3 rings (SSSR count). The summed E-state index contributed by atoms with van der Waals surface area (Å²) in [5.74, 6) is -1.54. The minimum Gasteiger partial charge on any atom is -0.450 e. The number of nitrogens with zero attached hydrogens (tertiary/aromatic N) is 1. The zero-order valence-electron chi connectivity index (χ0n) is 16.3. The van der Waals surface area contributed by atoms with Crippen LogP contribution >= 0.6 is 11.8 Å². The fraction of sp³-hybridized carbons (Fsp3) is 0.136. The fourth-order valence-electron chi connectivity index (χ4n) is 2.65. The van der Waals surface area contributed by atoms with Gasteiger partial charge < -0.3 is 14.5 Å². The highest BCUT2D eigenvalue weighted by Crippen LogP contribution is 2.32. The van der Waals surface area contributed by atoms with Crippen LogP contribution in [0, 0.1) is 11.3 Å². The predicted molar refractivity (Wildman–Crippen MR) is 111 cm³/mol. The second-order valence-corrected chi connectivity index (χ2v) is 7.33. The minimum absolute atomic E-state index is 0.0518. The van der Waals surface area contributed by atoms with Crippen molar-refractivity contribution in [2.24, 2.45) is 0 Å². The van der Waals surface area contributed by atoms with E-state index in [9.17, 15) is 22.8 Å². The molecule has 0 spiro atoms. The minimum atomic E-state index is -4.51. The highest BCUT2D eigenvalue weighted by molar-refractivity contribution is 7.99. The van der Waals surface area contributed by atoms with E-state index in [0.717, 1.165) is 12.1 Å². The van der Waals surface area contributed by atoms with Crippen molar-refractivity contribution in [1.29, 1.82) is 5.26 Å². The summed E-state index contributed by atoms with van der Waals surface area (Å²) in [6, 6.07) is 15.9. The maximum atomic E-state index is 12.9. The number of ether oxygens (including phenoxy) is 1. The van der Waals surface area contributed by atoms with Crippen molar-refractivity contribution < 1.29 is 31.9 Å². The summed E-state index contributed by atoms with van der Waals surface area (Å²) in [6.07, 6.45) is -4.51. The molecule has 1 aromatic heterocycles. The average molecular weight is 460 g/mol. The van der Waals surface area contributed by atoms with Crippen LogP contribution in [0.5, 0.6) is 0 Å². The lowest BCUT2D eigenvalue weighted by molar-refractivity contribution is -0.137. The number of alkyl halides is 3. The van der Waals surface area contributed by atoms with E-state index in [2.05, 4.69) is 5.32 Å². The Labute approximate surface area is 185 Å². The number of rotatable bonds is 7. The number of carbonyl (C=O) groups excluding carboxylic acids is 2. The quantitative estimate of drug-likeness (QED) is 0.376. The average Bonchev–Trinajstić information content (AvgIpc) is 3.27. The summed E-state index contributed by atoms with van der Waals surface area (Å²) >= 11 is 1.24. The van der Waals surface area contributed by atoms with Crippen molar-refractivity contribution in [3.05, 3.63) is 72.0 Å². The number of furan rings is 1. The molecule has 6 nitrogen and oxygen atoms in total. The molecule has 0 aliphatic rings. The number of nitriles is 1. The van der Waals surface area contributed by atoms with Crippen LogP contribution in [0.15, 0.2) is 70.0 Å². The number of thioether (sulfide) groups is 1. The summed E-state index contributed by atoms with van der Waals surface area (Å²) in [6.45, 7) is -0.602.